The first-order chi connectivity index (χ1) is 14.0. The summed E-state index contributed by atoms with van der Waals surface area (Å²) < 4.78 is 2.23. The average Bonchev–Trinajstić information content (AvgIpc) is 3.14. The Morgan fingerprint density at radius 3 is 2.07 bits per heavy atom. The van der Waals surface area contributed by atoms with Gasteiger partial charge in [0.1, 0.15) is 0 Å². The molecule has 0 aliphatic carbocycles. The van der Waals surface area contributed by atoms with Crippen LogP contribution in [0.15, 0.2) is 71.6 Å². The fourth-order valence-electron chi connectivity index (χ4n) is 3.53. The highest BCUT2D eigenvalue weighted by molar-refractivity contribution is 8.18. The Balaban J connectivity index is 1.57. The van der Waals surface area contributed by atoms with Crippen LogP contribution in [0, 0.1) is 13.8 Å². The molecule has 1 aliphatic rings. The highest BCUT2D eigenvalue weighted by Gasteiger charge is 2.35. The van der Waals surface area contributed by atoms with Crippen LogP contribution in [0.25, 0.3) is 6.08 Å². The summed E-state index contributed by atoms with van der Waals surface area (Å²) in [4.78, 5) is 27.0. The number of hydrogen-bond acceptors (Lipinski definition) is 3. The predicted molar refractivity (Wildman–Crippen MR) is 117 cm³/mol. The lowest BCUT2D eigenvalue weighted by Crippen LogP contribution is -2.27. The topological polar surface area (TPSA) is 42.3 Å². The first-order valence-corrected chi connectivity index (χ1v) is 10.3. The number of hydrogen-bond donors (Lipinski definition) is 0. The summed E-state index contributed by atoms with van der Waals surface area (Å²) >= 11 is 1.01. The van der Waals surface area contributed by atoms with Gasteiger partial charge >= 0.3 is 0 Å². The van der Waals surface area contributed by atoms with E-state index in [1.54, 1.807) is 0 Å². The van der Waals surface area contributed by atoms with Gasteiger partial charge in [0.25, 0.3) is 11.1 Å². The Labute approximate surface area is 174 Å². The summed E-state index contributed by atoms with van der Waals surface area (Å²) in [7, 11) is 0. The zero-order valence-corrected chi connectivity index (χ0v) is 17.3. The maximum absolute atomic E-state index is 12.8. The third-order valence-electron chi connectivity index (χ3n) is 5.14. The molecule has 0 N–H and O–H groups in total. The van der Waals surface area contributed by atoms with Crippen LogP contribution in [-0.4, -0.2) is 20.6 Å². The van der Waals surface area contributed by atoms with Crippen molar-refractivity contribution in [3.8, 4) is 0 Å². The standard InChI is InChI=1S/C24H22N2O2S/c1-17-13-21(18(2)25(17)15-19-9-5-3-6-10-19)14-22-23(27)26(24(28)29-22)16-20-11-7-4-8-12-20/h3-14H,15-16H2,1-2H3/b22-14-. The molecule has 0 unspecified atom stereocenters. The quantitative estimate of drug-likeness (QED) is 0.538. The molecule has 3 aromatic rings. The fraction of sp³-hybridized carbons (Fsp3) is 0.167. The summed E-state index contributed by atoms with van der Waals surface area (Å²) in [5.74, 6) is -0.225. The van der Waals surface area contributed by atoms with Crippen molar-refractivity contribution < 1.29 is 9.59 Å². The van der Waals surface area contributed by atoms with E-state index in [9.17, 15) is 9.59 Å². The van der Waals surface area contributed by atoms with E-state index in [-0.39, 0.29) is 11.1 Å². The van der Waals surface area contributed by atoms with Crippen molar-refractivity contribution in [1.29, 1.82) is 0 Å². The van der Waals surface area contributed by atoms with Crippen LogP contribution in [0.1, 0.15) is 28.1 Å². The molecular weight excluding hydrogens is 380 g/mol. The third-order valence-corrected chi connectivity index (χ3v) is 6.05. The lowest BCUT2D eigenvalue weighted by Gasteiger charge is -2.12. The number of carbonyl (C=O) groups excluding carboxylic acids is 2. The first kappa shape index (κ1) is 19.3. The largest absolute Gasteiger partial charge is 0.344 e. The van der Waals surface area contributed by atoms with E-state index in [2.05, 4.69) is 36.6 Å². The van der Waals surface area contributed by atoms with Crippen molar-refractivity contribution in [3.63, 3.8) is 0 Å². The Morgan fingerprint density at radius 1 is 0.862 bits per heavy atom. The minimum absolute atomic E-state index is 0.219. The monoisotopic (exact) mass is 402 g/mol. The molecule has 0 saturated carbocycles. The van der Waals surface area contributed by atoms with Gasteiger partial charge in [-0.15, -0.1) is 0 Å². The fourth-order valence-corrected chi connectivity index (χ4v) is 4.36. The molecule has 5 heteroatoms. The average molecular weight is 403 g/mol. The molecule has 4 rings (SSSR count). The number of thioether (sulfide) groups is 1. The Morgan fingerprint density at radius 2 is 1.45 bits per heavy atom. The smallest absolute Gasteiger partial charge is 0.293 e. The van der Waals surface area contributed by atoms with E-state index in [1.807, 2.05) is 54.6 Å². The zero-order chi connectivity index (χ0) is 20.4. The first-order valence-electron chi connectivity index (χ1n) is 9.53. The van der Waals surface area contributed by atoms with Crippen molar-refractivity contribution in [3.05, 3.63) is 99.7 Å². The van der Waals surface area contributed by atoms with Crippen LogP contribution < -0.4 is 0 Å². The number of aryl methyl sites for hydroxylation is 1. The molecule has 1 aromatic heterocycles. The molecule has 0 spiro atoms. The molecular formula is C24H22N2O2S. The number of imide groups is 1. The number of carbonyl (C=O) groups is 2. The molecule has 4 nitrogen and oxygen atoms in total. The molecule has 2 heterocycles. The van der Waals surface area contributed by atoms with Gasteiger partial charge in [0.2, 0.25) is 0 Å². The van der Waals surface area contributed by atoms with E-state index >= 15 is 0 Å². The molecule has 2 amide bonds. The second-order valence-corrected chi connectivity index (χ2v) is 8.14. The SMILES string of the molecule is Cc1cc(/C=C2\SC(=O)N(Cc3ccccc3)C2=O)c(C)n1Cc1ccccc1. The molecule has 0 radical (unpaired) electrons. The Kier molecular flexibility index (Phi) is 5.41. The van der Waals surface area contributed by atoms with Gasteiger partial charge in [0.15, 0.2) is 0 Å². The summed E-state index contributed by atoms with van der Waals surface area (Å²) in [6, 6.07) is 21.9. The van der Waals surface area contributed by atoms with Crippen molar-refractivity contribution in [2.45, 2.75) is 26.9 Å². The Bertz CT molecular complexity index is 1080. The van der Waals surface area contributed by atoms with E-state index in [4.69, 9.17) is 0 Å². The van der Waals surface area contributed by atoms with Gasteiger partial charge in [-0.2, -0.15) is 0 Å². The zero-order valence-electron chi connectivity index (χ0n) is 16.5. The normalized spacial score (nSPS) is 15.5. The van der Waals surface area contributed by atoms with Crippen molar-refractivity contribution in [1.82, 2.24) is 9.47 Å². The number of aromatic nitrogens is 1. The van der Waals surface area contributed by atoms with Gasteiger partial charge in [0, 0.05) is 17.9 Å². The van der Waals surface area contributed by atoms with E-state index < -0.39 is 0 Å². The Hall–Kier alpha value is -3.05. The lowest BCUT2D eigenvalue weighted by atomic mass is 10.2. The number of benzene rings is 2. The lowest BCUT2D eigenvalue weighted by molar-refractivity contribution is -0.123. The van der Waals surface area contributed by atoms with Crippen LogP contribution in [0.5, 0.6) is 0 Å². The molecule has 1 fully saturated rings. The van der Waals surface area contributed by atoms with Crippen LogP contribution in [-0.2, 0) is 17.9 Å². The number of rotatable bonds is 5. The minimum atomic E-state index is -0.225. The van der Waals surface area contributed by atoms with Crippen molar-refractivity contribution in [2.75, 3.05) is 0 Å². The molecule has 1 aliphatic heterocycles. The van der Waals surface area contributed by atoms with E-state index in [0.29, 0.717) is 11.4 Å². The predicted octanol–water partition coefficient (Wildman–Crippen LogP) is 5.39. The summed E-state index contributed by atoms with van der Waals surface area (Å²) in [6.45, 7) is 5.20. The van der Waals surface area contributed by atoms with Gasteiger partial charge < -0.3 is 4.57 Å². The van der Waals surface area contributed by atoms with E-state index in [1.165, 1.54) is 10.5 Å². The maximum atomic E-state index is 12.8. The minimum Gasteiger partial charge on any atom is -0.344 e. The molecule has 0 bridgehead atoms. The maximum Gasteiger partial charge on any atom is 0.293 e. The molecule has 2 aromatic carbocycles. The van der Waals surface area contributed by atoms with E-state index in [0.717, 1.165) is 40.8 Å². The van der Waals surface area contributed by atoms with Gasteiger partial charge in [-0.3, -0.25) is 14.5 Å². The molecule has 29 heavy (non-hydrogen) atoms. The number of amides is 2. The number of nitrogens with zero attached hydrogens (tertiary/aromatic N) is 2. The van der Waals surface area contributed by atoms with Crippen LogP contribution in [0.3, 0.4) is 0 Å². The van der Waals surface area contributed by atoms with Crippen LogP contribution >= 0.6 is 11.8 Å². The second kappa shape index (κ2) is 8.13. The van der Waals surface area contributed by atoms with Gasteiger partial charge in [-0.25, -0.2) is 0 Å². The van der Waals surface area contributed by atoms with Crippen molar-refractivity contribution >= 4 is 29.0 Å². The molecule has 1 saturated heterocycles. The van der Waals surface area contributed by atoms with Crippen LogP contribution in [0.4, 0.5) is 4.79 Å². The molecule has 0 atom stereocenters. The van der Waals surface area contributed by atoms with Crippen molar-refractivity contribution in [2.24, 2.45) is 0 Å². The third kappa shape index (κ3) is 4.05. The van der Waals surface area contributed by atoms with Crippen LogP contribution in [0.2, 0.25) is 0 Å². The van der Waals surface area contributed by atoms with Gasteiger partial charge in [0.05, 0.1) is 11.4 Å². The summed E-state index contributed by atoms with van der Waals surface area (Å²) in [5.41, 5.74) is 5.35. The van der Waals surface area contributed by atoms with Gasteiger partial charge in [-0.05, 0) is 54.4 Å². The highest BCUT2D eigenvalue weighted by Crippen LogP contribution is 2.34. The second-order valence-electron chi connectivity index (χ2n) is 7.15. The highest BCUT2D eigenvalue weighted by atomic mass is 32.2. The van der Waals surface area contributed by atoms with Gasteiger partial charge in [-0.1, -0.05) is 60.7 Å². The molecule has 146 valence electrons. The summed E-state index contributed by atoms with van der Waals surface area (Å²) in [5, 5.41) is -0.219. The summed E-state index contributed by atoms with van der Waals surface area (Å²) in [6.07, 6.45) is 1.85.